The number of amides is 1. The van der Waals surface area contributed by atoms with Crippen molar-refractivity contribution in [1.29, 1.82) is 0 Å². The van der Waals surface area contributed by atoms with Gasteiger partial charge in [-0.1, -0.05) is 55.8 Å². The van der Waals surface area contributed by atoms with E-state index in [0.717, 1.165) is 17.7 Å². The Bertz CT molecular complexity index is 748. The minimum atomic E-state index is -4.47. The number of carbonyl (C=O) groups excluding carboxylic acids is 1. The van der Waals surface area contributed by atoms with Gasteiger partial charge in [0, 0.05) is 6.54 Å². The van der Waals surface area contributed by atoms with Crippen molar-refractivity contribution in [2.75, 3.05) is 5.32 Å². The molecule has 2 aromatic rings. The van der Waals surface area contributed by atoms with Crippen molar-refractivity contribution in [2.45, 2.75) is 32.6 Å². The Morgan fingerprint density at radius 1 is 1.12 bits per heavy atom. The molecule has 26 heavy (non-hydrogen) atoms. The van der Waals surface area contributed by atoms with Crippen LogP contribution in [0.15, 0.2) is 48.5 Å². The predicted molar refractivity (Wildman–Crippen MR) is 97.0 cm³/mol. The minimum absolute atomic E-state index is 0.0821. The van der Waals surface area contributed by atoms with Crippen LogP contribution in [0.1, 0.15) is 25.0 Å². The highest BCUT2D eigenvalue weighted by atomic mass is 35.5. The number of anilines is 1. The fourth-order valence-electron chi connectivity index (χ4n) is 2.41. The van der Waals surface area contributed by atoms with Gasteiger partial charge in [0.15, 0.2) is 0 Å². The number of carbonyl (C=O) groups is 1. The molecule has 0 aliphatic rings. The van der Waals surface area contributed by atoms with E-state index in [0.29, 0.717) is 6.54 Å². The number of hydrogen-bond donors (Lipinski definition) is 2. The summed E-state index contributed by atoms with van der Waals surface area (Å²) >= 11 is 5.97. The van der Waals surface area contributed by atoms with E-state index >= 15 is 0 Å². The molecule has 2 N–H and O–H groups in total. The van der Waals surface area contributed by atoms with E-state index in [4.69, 9.17) is 11.6 Å². The average molecular weight is 385 g/mol. The molecule has 1 unspecified atom stereocenters. The van der Waals surface area contributed by atoms with E-state index in [9.17, 15) is 18.0 Å². The van der Waals surface area contributed by atoms with Crippen LogP contribution in [-0.4, -0.2) is 11.9 Å². The van der Waals surface area contributed by atoms with Gasteiger partial charge in [0.05, 0.1) is 16.3 Å². The third kappa shape index (κ3) is 5.39. The van der Waals surface area contributed by atoms with E-state index in [2.05, 4.69) is 10.6 Å². The Labute approximate surface area is 155 Å². The first-order valence-electron chi connectivity index (χ1n) is 8.13. The normalized spacial score (nSPS) is 12.7. The zero-order chi connectivity index (χ0) is 19.3. The quantitative estimate of drug-likeness (QED) is 0.726. The molecule has 0 saturated carbocycles. The molecule has 1 atom stereocenters. The van der Waals surface area contributed by atoms with Crippen molar-refractivity contribution in [3.05, 3.63) is 64.7 Å². The van der Waals surface area contributed by atoms with Crippen molar-refractivity contribution >= 4 is 23.2 Å². The van der Waals surface area contributed by atoms with Crippen molar-refractivity contribution in [2.24, 2.45) is 5.92 Å². The van der Waals surface area contributed by atoms with Crippen LogP contribution in [0.5, 0.6) is 0 Å². The maximum atomic E-state index is 12.7. The van der Waals surface area contributed by atoms with E-state index in [1.165, 1.54) is 6.07 Å². The second kappa shape index (κ2) is 8.45. The Morgan fingerprint density at radius 2 is 1.77 bits per heavy atom. The van der Waals surface area contributed by atoms with Crippen LogP contribution >= 0.6 is 11.6 Å². The van der Waals surface area contributed by atoms with Crippen LogP contribution in [0, 0.1) is 5.92 Å². The molecule has 0 aromatic heterocycles. The standard InChI is InChI=1S/C19H20ClF3N2O/c1-12(2)17(18(26)24-11-13-6-4-3-5-7-13)25-16-9-8-14(10-15(16)20)19(21,22)23/h3-10,12,17,25H,11H2,1-2H3,(H,24,26). The lowest BCUT2D eigenvalue weighted by Crippen LogP contribution is -2.42. The fourth-order valence-corrected chi connectivity index (χ4v) is 2.64. The highest BCUT2D eigenvalue weighted by Gasteiger charge is 2.31. The summed E-state index contributed by atoms with van der Waals surface area (Å²) in [5.74, 6) is -0.344. The van der Waals surface area contributed by atoms with Gasteiger partial charge in [-0.15, -0.1) is 0 Å². The first-order chi connectivity index (χ1) is 12.2. The monoisotopic (exact) mass is 384 g/mol. The van der Waals surface area contributed by atoms with Gasteiger partial charge >= 0.3 is 6.18 Å². The van der Waals surface area contributed by atoms with Gasteiger partial charge in [-0.3, -0.25) is 4.79 Å². The van der Waals surface area contributed by atoms with Crippen LogP contribution in [0.25, 0.3) is 0 Å². The topological polar surface area (TPSA) is 41.1 Å². The van der Waals surface area contributed by atoms with E-state index in [-0.39, 0.29) is 22.5 Å². The summed E-state index contributed by atoms with van der Waals surface area (Å²) in [5.41, 5.74) is 0.409. The zero-order valence-electron chi connectivity index (χ0n) is 14.4. The smallest absolute Gasteiger partial charge is 0.372 e. The number of nitrogens with one attached hydrogen (secondary N) is 2. The molecular formula is C19H20ClF3N2O. The van der Waals surface area contributed by atoms with Crippen molar-refractivity contribution in [3.8, 4) is 0 Å². The molecule has 7 heteroatoms. The van der Waals surface area contributed by atoms with Crippen molar-refractivity contribution in [3.63, 3.8) is 0 Å². The summed E-state index contributed by atoms with van der Waals surface area (Å²) in [6.45, 7) is 4.06. The molecule has 0 radical (unpaired) electrons. The van der Waals surface area contributed by atoms with Crippen molar-refractivity contribution < 1.29 is 18.0 Å². The summed E-state index contributed by atoms with van der Waals surface area (Å²) in [5, 5.41) is 5.70. The third-order valence-corrected chi connectivity index (χ3v) is 4.18. The molecule has 2 rings (SSSR count). The number of rotatable bonds is 6. The largest absolute Gasteiger partial charge is 0.416 e. The summed E-state index contributed by atoms with van der Waals surface area (Å²) in [7, 11) is 0. The van der Waals surface area contributed by atoms with Gasteiger partial charge in [-0.05, 0) is 29.7 Å². The number of hydrogen-bond acceptors (Lipinski definition) is 2. The SMILES string of the molecule is CC(C)C(Nc1ccc(C(F)(F)F)cc1Cl)C(=O)NCc1ccccc1. The number of halogens is 4. The molecule has 2 aromatic carbocycles. The molecule has 3 nitrogen and oxygen atoms in total. The third-order valence-electron chi connectivity index (χ3n) is 3.87. The Hall–Kier alpha value is -2.21. The molecule has 0 bridgehead atoms. The summed E-state index contributed by atoms with van der Waals surface area (Å²) in [6, 6.07) is 11.8. The summed E-state index contributed by atoms with van der Waals surface area (Å²) in [4.78, 5) is 12.5. The Kier molecular flexibility index (Phi) is 6.53. The minimum Gasteiger partial charge on any atom is -0.372 e. The molecule has 0 aliphatic carbocycles. The Morgan fingerprint density at radius 3 is 2.31 bits per heavy atom. The molecule has 0 heterocycles. The van der Waals surface area contributed by atoms with E-state index in [1.807, 2.05) is 44.2 Å². The van der Waals surface area contributed by atoms with Gasteiger partial charge in [0.1, 0.15) is 6.04 Å². The Balaban J connectivity index is 2.09. The summed E-state index contributed by atoms with van der Waals surface area (Å²) in [6.07, 6.45) is -4.47. The van der Waals surface area contributed by atoms with Crippen LogP contribution in [0.2, 0.25) is 5.02 Å². The number of alkyl halides is 3. The molecule has 0 aliphatic heterocycles. The van der Waals surface area contributed by atoms with Crippen LogP contribution in [-0.2, 0) is 17.5 Å². The van der Waals surface area contributed by atoms with E-state index < -0.39 is 17.8 Å². The highest BCUT2D eigenvalue weighted by molar-refractivity contribution is 6.33. The highest BCUT2D eigenvalue weighted by Crippen LogP contribution is 2.34. The van der Waals surface area contributed by atoms with E-state index in [1.54, 1.807) is 0 Å². The first-order valence-corrected chi connectivity index (χ1v) is 8.51. The molecule has 0 fully saturated rings. The zero-order valence-corrected chi connectivity index (χ0v) is 15.2. The number of benzene rings is 2. The molecule has 0 spiro atoms. The van der Waals surface area contributed by atoms with Crippen LogP contribution in [0.4, 0.5) is 18.9 Å². The van der Waals surface area contributed by atoms with Gasteiger partial charge < -0.3 is 10.6 Å². The van der Waals surface area contributed by atoms with Crippen molar-refractivity contribution in [1.82, 2.24) is 5.32 Å². The fraction of sp³-hybridized carbons (Fsp3) is 0.316. The van der Waals surface area contributed by atoms with Crippen LogP contribution < -0.4 is 10.6 Å². The van der Waals surface area contributed by atoms with Gasteiger partial charge in [0.25, 0.3) is 0 Å². The lowest BCUT2D eigenvalue weighted by molar-refractivity contribution is -0.137. The second-order valence-electron chi connectivity index (χ2n) is 6.26. The second-order valence-corrected chi connectivity index (χ2v) is 6.67. The van der Waals surface area contributed by atoms with Gasteiger partial charge in [-0.2, -0.15) is 13.2 Å². The van der Waals surface area contributed by atoms with Gasteiger partial charge in [-0.25, -0.2) is 0 Å². The summed E-state index contributed by atoms with van der Waals surface area (Å²) < 4.78 is 38.2. The molecule has 140 valence electrons. The molecule has 0 saturated heterocycles. The lowest BCUT2D eigenvalue weighted by atomic mass is 10.0. The molecular weight excluding hydrogens is 365 g/mol. The predicted octanol–water partition coefficient (Wildman–Crippen LogP) is 5.11. The maximum Gasteiger partial charge on any atom is 0.416 e. The van der Waals surface area contributed by atoms with Gasteiger partial charge in [0.2, 0.25) is 5.91 Å². The maximum absolute atomic E-state index is 12.7. The first kappa shape index (κ1) is 20.1. The average Bonchev–Trinajstić information content (AvgIpc) is 2.58. The molecule has 1 amide bonds. The van der Waals surface area contributed by atoms with Crippen LogP contribution in [0.3, 0.4) is 0 Å². The lowest BCUT2D eigenvalue weighted by Gasteiger charge is -2.23.